The van der Waals surface area contributed by atoms with E-state index in [2.05, 4.69) is 5.32 Å². The normalized spacial score (nSPS) is 18.0. The number of phenolic OH excluding ortho intramolecular Hbond substituents is 1. The molecular formula is C30H28FN2O6P. The average Bonchev–Trinajstić information content (AvgIpc) is 3.27. The van der Waals surface area contributed by atoms with Crippen LogP contribution in [0.1, 0.15) is 36.1 Å². The summed E-state index contributed by atoms with van der Waals surface area (Å²) in [6, 6.07) is 24.2. The standard InChI is InChI=1S/C30H28FN2O6P/c31-22-11-6-20(7-12-22)27(34)17-16-26-29(33(30(36)32-26)23-4-2-1-3-5-23)25-15-10-21(18-28(25)35)19-8-13-24(14-9-19)40(37,38)39/h1-15,18,26-27,29,34-35H,16-17H2,(H,32,36)(H2,37,38,39). The van der Waals surface area contributed by atoms with E-state index in [1.807, 2.05) is 18.2 Å². The molecular weight excluding hydrogens is 534 g/mol. The van der Waals surface area contributed by atoms with Gasteiger partial charge in [0, 0.05) is 11.3 Å². The van der Waals surface area contributed by atoms with Crippen molar-refractivity contribution >= 4 is 24.6 Å². The lowest BCUT2D eigenvalue weighted by atomic mass is 9.91. The van der Waals surface area contributed by atoms with Gasteiger partial charge in [0.25, 0.3) is 0 Å². The maximum Gasteiger partial charge on any atom is 0.356 e. The van der Waals surface area contributed by atoms with E-state index < -0.39 is 31.6 Å². The van der Waals surface area contributed by atoms with Gasteiger partial charge in [0.2, 0.25) is 0 Å². The largest absolute Gasteiger partial charge is 0.508 e. The summed E-state index contributed by atoms with van der Waals surface area (Å²) in [7, 11) is -4.37. The number of hydrogen-bond acceptors (Lipinski definition) is 4. The van der Waals surface area contributed by atoms with Crippen LogP contribution >= 0.6 is 7.60 Å². The Hall–Kier alpha value is -4.01. The molecule has 0 aromatic heterocycles. The molecule has 40 heavy (non-hydrogen) atoms. The molecule has 1 saturated heterocycles. The van der Waals surface area contributed by atoms with E-state index in [0.29, 0.717) is 40.8 Å². The highest BCUT2D eigenvalue weighted by atomic mass is 31.2. The highest BCUT2D eigenvalue weighted by molar-refractivity contribution is 7.60. The first-order chi connectivity index (χ1) is 19.1. The Labute approximate surface area is 230 Å². The number of carbonyl (C=O) groups is 1. The van der Waals surface area contributed by atoms with Gasteiger partial charge in [0.1, 0.15) is 11.6 Å². The SMILES string of the molecule is O=C1NC(CCC(O)c2ccc(F)cc2)C(c2ccc(-c3ccc(P(=O)(O)O)cc3)cc2O)N1c1ccccc1. The maximum absolute atomic E-state index is 13.3. The highest BCUT2D eigenvalue weighted by Gasteiger charge is 2.42. The van der Waals surface area contributed by atoms with Crippen LogP contribution in [0.25, 0.3) is 11.1 Å². The third kappa shape index (κ3) is 5.78. The van der Waals surface area contributed by atoms with Crippen LogP contribution in [0.4, 0.5) is 14.9 Å². The van der Waals surface area contributed by atoms with Gasteiger partial charge in [-0.1, -0.05) is 54.6 Å². The smallest absolute Gasteiger partial charge is 0.356 e. The van der Waals surface area contributed by atoms with Gasteiger partial charge < -0.3 is 25.3 Å². The molecule has 0 aliphatic carbocycles. The fourth-order valence-corrected chi connectivity index (χ4v) is 5.61. The second kappa shape index (κ2) is 11.2. The van der Waals surface area contributed by atoms with Gasteiger partial charge >= 0.3 is 13.6 Å². The zero-order chi connectivity index (χ0) is 28.4. The number of nitrogens with zero attached hydrogens (tertiary/aromatic N) is 1. The molecule has 3 unspecified atom stereocenters. The van der Waals surface area contributed by atoms with E-state index in [1.165, 1.54) is 36.4 Å². The topological polar surface area (TPSA) is 130 Å². The quantitative estimate of drug-likeness (QED) is 0.189. The van der Waals surface area contributed by atoms with Gasteiger partial charge in [-0.3, -0.25) is 9.46 Å². The van der Waals surface area contributed by atoms with Gasteiger partial charge in [-0.15, -0.1) is 0 Å². The van der Waals surface area contributed by atoms with Crippen molar-refractivity contribution < 1.29 is 33.7 Å². The van der Waals surface area contributed by atoms with E-state index in [-0.39, 0.29) is 17.1 Å². The molecule has 5 N–H and O–H groups in total. The molecule has 206 valence electrons. The van der Waals surface area contributed by atoms with Crippen LogP contribution in [-0.2, 0) is 4.57 Å². The number of anilines is 1. The van der Waals surface area contributed by atoms with Crippen LogP contribution < -0.4 is 15.5 Å². The Bertz CT molecular complexity index is 1540. The minimum Gasteiger partial charge on any atom is -0.508 e. The molecule has 1 fully saturated rings. The number of aromatic hydroxyl groups is 1. The molecule has 0 saturated carbocycles. The van der Waals surface area contributed by atoms with Crippen molar-refractivity contribution in [2.45, 2.75) is 31.0 Å². The number of hydrogen-bond donors (Lipinski definition) is 5. The summed E-state index contributed by atoms with van der Waals surface area (Å²) < 4.78 is 24.8. The monoisotopic (exact) mass is 562 g/mol. The molecule has 0 bridgehead atoms. The van der Waals surface area contributed by atoms with Crippen molar-refractivity contribution in [3.8, 4) is 16.9 Å². The molecule has 1 aliphatic rings. The summed E-state index contributed by atoms with van der Waals surface area (Å²) in [4.78, 5) is 33.5. The zero-order valence-electron chi connectivity index (χ0n) is 21.3. The Kier molecular flexibility index (Phi) is 7.74. The van der Waals surface area contributed by atoms with E-state index in [9.17, 15) is 33.7 Å². The summed E-state index contributed by atoms with van der Waals surface area (Å²) in [5, 5.41) is 24.8. The maximum atomic E-state index is 13.3. The molecule has 4 aromatic rings. The highest BCUT2D eigenvalue weighted by Crippen LogP contribution is 2.42. The van der Waals surface area contributed by atoms with Crippen molar-refractivity contribution in [1.82, 2.24) is 5.32 Å². The van der Waals surface area contributed by atoms with Crippen molar-refractivity contribution in [3.63, 3.8) is 0 Å². The lowest BCUT2D eigenvalue weighted by Crippen LogP contribution is -2.29. The number of aliphatic hydroxyl groups is 1. The van der Waals surface area contributed by atoms with Crippen molar-refractivity contribution in [2.75, 3.05) is 4.90 Å². The van der Waals surface area contributed by atoms with Crippen LogP contribution in [0, 0.1) is 5.82 Å². The summed E-state index contributed by atoms with van der Waals surface area (Å²) >= 11 is 0. The van der Waals surface area contributed by atoms with Gasteiger partial charge in [0.15, 0.2) is 0 Å². The molecule has 5 rings (SSSR count). The predicted octanol–water partition coefficient (Wildman–Crippen LogP) is 5.15. The minimum atomic E-state index is -4.37. The third-order valence-corrected chi connectivity index (χ3v) is 8.08. The molecule has 4 aromatic carbocycles. The molecule has 0 spiro atoms. The Morgan fingerprint density at radius 2 is 1.55 bits per heavy atom. The second-order valence-electron chi connectivity index (χ2n) is 9.72. The molecule has 10 heteroatoms. The molecule has 1 aliphatic heterocycles. The number of halogens is 1. The number of carbonyl (C=O) groups excluding carboxylic acids is 1. The van der Waals surface area contributed by atoms with E-state index >= 15 is 0 Å². The van der Waals surface area contributed by atoms with Crippen LogP contribution in [0.5, 0.6) is 5.75 Å². The van der Waals surface area contributed by atoms with Crippen molar-refractivity contribution in [3.05, 3.63) is 114 Å². The fourth-order valence-electron chi connectivity index (χ4n) is 5.08. The predicted molar refractivity (Wildman–Crippen MR) is 150 cm³/mol. The number of amides is 2. The van der Waals surface area contributed by atoms with Gasteiger partial charge in [0.05, 0.1) is 23.5 Å². The van der Waals surface area contributed by atoms with E-state index in [4.69, 9.17) is 0 Å². The Morgan fingerprint density at radius 1 is 0.900 bits per heavy atom. The number of benzene rings is 4. The first kappa shape index (κ1) is 27.6. The molecule has 8 nitrogen and oxygen atoms in total. The summed E-state index contributed by atoms with van der Waals surface area (Å²) in [5.41, 5.74) is 2.99. The van der Waals surface area contributed by atoms with Crippen molar-refractivity contribution in [1.29, 1.82) is 0 Å². The average molecular weight is 563 g/mol. The van der Waals surface area contributed by atoms with Gasteiger partial charge in [-0.2, -0.15) is 0 Å². The number of phenols is 1. The number of para-hydroxylation sites is 1. The second-order valence-corrected chi connectivity index (χ2v) is 11.3. The number of nitrogens with one attached hydrogen (secondary N) is 1. The number of urea groups is 1. The van der Waals surface area contributed by atoms with Crippen molar-refractivity contribution in [2.24, 2.45) is 0 Å². The first-order valence-electron chi connectivity index (χ1n) is 12.7. The number of aliphatic hydroxyl groups excluding tert-OH is 1. The zero-order valence-corrected chi connectivity index (χ0v) is 22.2. The lowest BCUT2D eigenvalue weighted by Gasteiger charge is -2.28. The molecule has 0 radical (unpaired) electrons. The van der Waals surface area contributed by atoms with Crippen LogP contribution in [-0.4, -0.2) is 32.1 Å². The van der Waals surface area contributed by atoms with Crippen LogP contribution in [0.2, 0.25) is 0 Å². The first-order valence-corrected chi connectivity index (χ1v) is 14.3. The summed E-state index contributed by atoms with van der Waals surface area (Å²) in [5.74, 6) is -0.447. The summed E-state index contributed by atoms with van der Waals surface area (Å²) in [6.45, 7) is 0. The Morgan fingerprint density at radius 3 is 2.17 bits per heavy atom. The van der Waals surface area contributed by atoms with Gasteiger partial charge in [-0.05, 0) is 72.0 Å². The molecule has 3 atom stereocenters. The summed E-state index contributed by atoms with van der Waals surface area (Å²) in [6.07, 6.45) is -0.194. The van der Waals surface area contributed by atoms with Crippen LogP contribution in [0.3, 0.4) is 0 Å². The fraction of sp³-hybridized carbons (Fsp3) is 0.167. The third-order valence-electron chi connectivity index (χ3n) is 7.11. The van der Waals surface area contributed by atoms with E-state index in [0.717, 1.165) is 0 Å². The van der Waals surface area contributed by atoms with E-state index in [1.54, 1.807) is 47.4 Å². The molecule has 2 amide bonds. The molecule has 1 heterocycles. The van der Waals surface area contributed by atoms with Gasteiger partial charge in [-0.25, -0.2) is 9.18 Å². The Balaban J connectivity index is 1.45. The number of rotatable bonds is 8. The minimum absolute atomic E-state index is 0.0527. The lowest BCUT2D eigenvalue weighted by molar-refractivity contribution is 0.159. The van der Waals surface area contributed by atoms with Crippen LogP contribution in [0.15, 0.2) is 97.1 Å².